The summed E-state index contributed by atoms with van der Waals surface area (Å²) in [5, 5.41) is 13.6. The van der Waals surface area contributed by atoms with Crippen molar-refractivity contribution in [1.82, 2.24) is 0 Å². The van der Waals surface area contributed by atoms with Gasteiger partial charge in [-0.15, -0.1) is 0 Å². The Kier molecular flexibility index (Phi) is 4.45. The summed E-state index contributed by atoms with van der Waals surface area (Å²) in [6, 6.07) is 4.01. The third-order valence-electron chi connectivity index (χ3n) is 2.96. The second-order valence-electron chi connectivity index (χ2n) is 4.42. The van der Waals surface area contributed by atoms with E-state index in [2.05, 4.69) is 0 Å². The molecule has 20 heavy (non-hydrogen) atoms. The largest absolute Gasteiger partial charge is 0.416 e. The molecule has 1 nitrogen and oxygen atoms in total. The molecule has 0 amide bonds. The first-order valence-electron chi connectivity index (χ1n) is 5.93. The highest BCUT2D eigenvalue weighted by Crippen LogP contribution is 2.36. The lowest BCUT2D eigenvalue weighted by atomic mass is 9.97. The summed E-state index contributed by atoms with van der Waals surface area (Å²) in [7, 11) is 0. The summed E-state index contributed by atoms with van der Waals surface area (Å²) in [6.07, 6.45) is -5.39. The van der Waals surface area contributed by atoms with E-state index in [1.165, 1.54) is 11.3 Å². The van der Waals surface area contributed by atoms with E-state index in [9.17, 15) is 22.7 Å². The maximum atomic E-state index is 13.1. The summed E-state index contributed by atoms with van der Waals surface area (Å²) in [5.41, 5.74) is -0.455. The fourth-order valence-electron chi connectivity index (χ4n) is 1.96. The lowest BCUT2D eigenvalue weighted by molar-refractivity contribution is -0.139. The molecule has 0 aliphatic rings. The number of aliphatic hydroxyl groups excluding tert-OH is 1. The fourth-order valence-corrected chi connectivity index (χ4v) is 2.66. The number of rotatable bonds is 4. The van der Waals surface area contributed by atoms with Crippen LogP contribution in [0.4, 0.5) is 17.6 Å². The highest BCUT2D eigenvalue weighted by Gasteiger charge is 2.35. The van der Waals surface area contributed by atoms with Gasteiger partial charge >= 0.3 is 6.18 Å². The Bertz CT molecular complexity index is 563. The van der Waals surface area contributed by atoms with Crippen LogP contribution in [0.5, 0.6) is 0 Å². The van der Waals surface area contributed by atoms with Crippen LogP contribution in [0.1, 0.15) is 29.2 Å². The van der Waals surface area contributed by atoms with Gasteiger partial charge in [-0.1, -0.05) is 0 Å². The van der Waals surface area contributed by atoms with E-state index in [-0.39, 0.29) is 6.42 Å². The number of aryl methyl sites for hydroxylation is 1. The van der Waals surface area contributed by atoms with E-state index >= 15 is 0 Å². The average molecular weight is 304 g/mol. The Morgan fingerprint density at radius 1 is 1.20 bits per heavy atom. The van der Waals surface area contributed by atoms with Gasteiger partial charge in [0.15, 0.2) is 0 Å². The minimum absolute atomic E-state index is 0.114. The van der Waals surface area contributed by atoms with Crippen molar-refractivity contribution in [3.8, 4) is 0 Å². The van der Waals surface area contributed by atoms with Crippen LogP contribution in [0.15, 0.2) is 35.0 Å². The number of hydrogen-bond donors (Lipinski definition) is 1. The van der Waals surface area contributed by atoms with Gasteiger partial charge in [0.25, 0.3) is 0 Å². The highest BCUT2D eigenvalue weighted by molar-refractivity contribution is 7.07. The predicted octanol–water partition coefficient (Wildman–Crippen LogP) is 4.57. The van der Waals surface area contributed by atoms with Crippen LogP contribution >= 0.6 is 11.3 Å². The van der Waals surface area contributed by atoms with Crippen LogP contribution < -0.4 is 0 Å². The van der Waals surface area contributed by atoms with Crippen LogP contribution in [-0.2, 0) is 12.6 Å². The van der Waals surface area contributed by atoms with E-state index in [1.54, 1.807) is 0 Å². The third kappa shape index (κ3) is 3.58. The molecule has 1 unspecified atom stereocenters. The average Bonchev–Trinajstić information content (AvgIpc) is 2.87. The maximum absolute atomic E-state index is 13.1. The first kappa shape index (κ1) is 15.0. The van der Waals surface area contributed by atoms with Crippen molar-refractivity contribution in [2.75, 3.05) is 0 Å². The number of hydrogen-bond acceptors (Lipinski definition) is 2. The van der Waals surface area contributed by atoms with Crippen LogP contribution in [-0.4, -0.2) is 5.11 Å². The minimum atomic E-state index is -4.60. The lowest BCUT2D eigenvalue weighted by Gasteiger charge is -2.17. The van der Waals surface area contributed by atoms with Gasteiger partial charge in [-0.25, -0.2) is 4.39 Å². The van der Waals surface area contributed by atoms with Crippen molar-refractivity contribution in [1.29, 1.82) is 0 Å². The highest BCUT2D eigenvalue weighted by atomic mass is 32.1. The van der Waals surface area contributed by atoms with Gasteiger partial charge < -0.3 is 5.11 Å². The molecule has 2 rings (SSSR count). The molecule has 1 aromatic heterocycles. The molecule has 1 N–H and O–H groups in total. The molecule has 1 aromatic carbocycles. The molecule has 0 saturated carbocycles. The zero-order valence-corrected chi connectivity index (χ0v) is 11.1. The van der Waals surface area contributed by atoms with Gasteiger partial charge in [-0.05, 0) is 59.0 Å². The topological polar surface area (TPSA) is 20.2 Å². The molecule has 0 fully saturated rings. The van der Waals surface area contributed by atoms with E-state index < -0.39 is 29.2 Å². The van der Waals surface area contributed by atoms with E-state index in [0.717, 1.165) is 17.7 Å². The first-order chi connectivity index (χ1) is 9.38. The molecule has 0 aliphatic carbocycles. The molecule has 6 heteroatoms. The molecule has 0 spiro atoms. The second kappa shape index (κ2) is 5.93. The van der Waals surface area contributed by atoms with Crippen molar-refractivity contribution < 1.29 is 22.7 Å². The van der Waals surface area contributed by atoms with Gasteiger partial charge in [0, 0.05) is 0 Å². The lowest BCUT2D eigenvalue weighted by Crippen LogP contribution is -2.13. The molecule has 0 saturated heterocycles. The molecular formula is C14H12F4OS. The Morgan fingerprint density at radius 3 is 2.55 bits per heavy atom. The molecule has 0 aliphatic heterocycles. The molecule has 1 heterocycles. The number of alkyl halides is 3. The van der Waals surface area contributed by atoms with Gasteiger partial charge in [0.1, 0.15) is 5.82 Å². The molecule has 2 aromatic rings. The van der Waals surface area contributed by atoms with Crippen molar-refractivity contribution in [3.05, 3.63) is 57.5 Å². The minimum Gasteiger partial charge on any atom is -0.388 e. The number of halogens is 4. The Labute approximate surface area is 117 Å². The first-order valence-corrected chi connectivity index (χ1v) is 6.88. The van der Waals surface area contributed by atoms with E-state index in [0.29, 0.717) is 12.5 Å². The quantitative estimate of drug-likeness (QED) is 0.820. The van der Waals surface area contributed by atoms with Gasteiger partial charge in [0.2, 0.25) is 0 Å². The smallest absolute Gasteiger partial charge is 0.388 e. The Morgan fingerprint density at radius 2 is 1.95 bits per heavy atom. The molecule has 108 valence electrons. The van der Waals surface area contributed by atoms with Crippen LogP contribution in [0, 0.1) is 5.82 Å². The summed E-state index contributed by atoms with van der Waals surface area (Å²) in [6.45, 7) is 0. The SMILES string of the molecule is OC(CCc1ccsc1)c1cc(F)ccc1C(F)(F)F. The second-order valence-corrected chi connectivity index (χ2v) is 5.20. The zero-order chi connectivity index (χ0) is 14.8. The van der Waals surface area contributed by atoms with Crippen molar-refractivity contribution in [3.63, 3.8) is 0 Å². The van der Waals surface area contributed by atoms with Crippen molar-refractivity contribution >= 4 is 11.3 Å². The monoisotopic (exact) mass is 304 g/mol. The van der Waals surface area contributed by atoms with Gasteiger partial charge in [0.05, 0.1) is 11.7 Å². The number of thiophene rings is 1. The van der Waals surface area contributed by atoms with Gasteiger partial charge in [-0.3, -0.25) is 0 Å². The number of benzene rings is 1. The summed E-state index contributed by atoms with van der Waals surface area (Å²) >= 11 is 1.48. The van der Waals surface area contributed by atoms with Crippen LogP contribution in [0.25, 0.3) is 0 Å². The summed E-state index contributed by atoms with van der Waals surface area (Å²) in [4.78, 5) is 0. The van der Waals surface area contributed by atoms with Crippen LogP contribution in [0.2, 0.25) is 0 Å². The van der Waals surface area contributed by atoms with Crippen LogP contribution in [0.3, 0.4) is 0 Å². The normalized spacial score (nSPS) is 13.4. The molecule has 0 bridgehead atoms. The fraction of sp³-hybridized carbons (Fsp3) is 0.286. The Balaban J connectivity index is 2.19. The summed E-state index contributed by atoms with van der Waals surface area (Å²) in [5.74, 6) is -0.789. The standard InChI is InChI=1S/C14H12F4OS/c15-10-2-3-12(14(16,17)18)11(7-10)13(19)4-1-9-5-6-20-8-9/h2-3,5-8,13,19H,1,4H2. The predicted molar refractivity (Wildman–Crippen MR) is 69.0 cm³/mol. The van der Waals surface area contributed by atoms with Crippen molar-refractivity contribution in [2.24, 2.45) is 0 Å². The Hall–Kier alpha value is -1.40. The van der Waals surface area contributed by atoms with Crippen molar-refractivity contribution in [2.45, 2.75) is 25.1 Å². The maximum Gasteiger partial charge on any atom is 0.416 e. The van der Waals surface area contributed by atoms with Gasteiger partial charge in [-0.2, -0.15) is 24.5 Å². The molecule has 1 atom stereocenters. The molecular weight excluding hydrogens is 292 g/mol. The molecule has 0 radical (unpaired) electrons. The zero-order valence-electron chi connectivity index (χ0n) is 10.3. The summed E-state index contributed by atoms with van der Waals surface area (Å²) < 4.78 is 51.6. The third-order valence-corrected chi connectivity index (χ3v) is 3.70. The van der Waals surface area contributed by atoms with E-state index in [1.807, 2.05) is 16.8 Å². The number of aliphatic hydroxyl groups is 1. The van der Waals surface area contributed by atoms with E-state index in [4.69, 9.17) is 0 Å².